The summed E-state index contributed by atoms with van der Waals surface area (Å²) in [7, 11) is 1.94. The zero-order valence-corrected chi connectivity index (χ0v) is 10.4. The van der Waals surface area contributed by atoms with Crippen molar-refractivity contribution in [3.63, 3.8) is 0 Å². The molecule has 0 amide bonds. The van der Waals surface area contributed by atoms with Crippen LogP contribution in [0.2, 0.25) is 0 Å². The molecule has 0 atom stereocenters. The fraction of sp³-hybridized carbons (Fsp3) is 0.667. The maximum atomic E-state index is 10.4. The predicted molar refractivity (Wildman–Crippen MR) is 65.0 cm³/mol. The van der Waals surface area contributed by atoms with Gasteiger partial charge in [-0.2, -0.15) is 0 Å². The molecule has 1 aromatic heterocycles. The van der Waals surface area contributed by atoms with Gasteiger partial charge in [-0.15, -0.1) is 0 Å². The van der Waals surface area contributed by atoms with Crippen molar-refractivity contribution >= 4 is 5.82 Å². The van der Waals surface area contributed by atoms with Crippen molar-refractivity contribution < 1.29 is 9.84 Å². The molecule has 0 radical (unpaired) electrons. The van der Waals surface area contributed by atoms with E-state index in [1.54, 1.807) is 6.33 Å². The molecule has 1 N–H and O–H groups in total. The van der Waals surface area contributed by atoms with E-state index < -0.39 is 5.60 Å². The quantitative estimate of drug-likeness (QED) is 0.841. The molecule has 0 aromatic carbocycles. The summed E-state index contributed by atoms with van der Waals surface area (Å²) >= 11 is 0. The molecule has 1 fully saturated rings. The van der Waals surface area contributed by atoms with Crippen LogP contribution in [0.3, 0.4) is 0 Å². The second-order valence-electron chi connectivity index (χ2n) is 4.71. The normalized spacial score (nSPS) is 19.0. The van der Waals surface area contributed by atoms with Crippen molar-refractivity contribution in [1.82, 2.24) is 9.97 Å². The third-order valence-corrected chi connectivity index (χ3v) is 3.14. The Kier molecular flexibility index (Phi) is 3.59. The van der Waals surface area contributed by atoms with E-state index in [2.05, 4.69) is 9.97 Å². The van der Waals surface area contributed by atoms with Gasteiger partial charge < -0.3 is 14.7 Å². The van der Waals surface area contributed by atoms with Gasteiger partial charge in [0.05, 0.1) is 5.60 Å². The van der Waals surface area contributed by atoms with Gasteiger partial charge in [0.25, 0.3) is 0 Å². The summed E-state index contributed by atoms with van der Waals surface area (Å²) in [5, 5.41) is 10.4. The number of likely N-dealkylation sites (N-methyl/N-ethyl adjacent to an activating group) is 1. The molecule has 0 saturated carbocycles. The van der Waals surface area contributed by atoms with E-state index >= 15 is 0 Å². The summed E-state index contributed by atoms with van der Waals surface area (Å²) in [6.45, 7) is 3.77. The molecule has 2 rings (SSSR count). The highest BCUT2D eigenvalue weighted by molar-refractivity contribution is 5.38. The lowest BCUT2D eigenvalue weighted by molar-refractivity contribution is -0.0573. The second-order valence-corrected chi connectivity index (χ2v) is 4.71. The fourth-order valence-electron chi connectivity index (χ4n) is 2.08. The summed E-state index contributed by atoms with van der Waals surface area (Å²) in [5.41, 5.74) is 0.270. The Balaban J connectivity index is 2.03. The van der Waals surface area contributed by atoms with Crippen LogP contribution in [0.25, 0.3) is 0 Å². The number of anilines is 1. The van der Waals surface area contributed by atoms with E-state index in [0.29, 0.717) is 32.6 Å². The first-order valence-electron chi connectivity index (χ1n) is 5.89. The lowest BCUT2D eigenvalue weighted by Gasteiger charge is -2.35. The van der Waals surface area contributed by atoms with E-state index in [1.807, 2.05) is 24.9 Å². The Labute approximate surface area is 101 Å². The van der Waals surface area contributed by atoms with Gasteiger partial charge in [-0.1, -0.05) is 0 Å². The monoisotopic (exact) mass is 237 g/mol. The third-order valence-electron chi connectivity index (χ3n) is 3.14. The van der Waals surface area contributed by atoms with Gasteiger partial charge in [0, 0.05) is 51.4 Å². The van der Waals surface area contributed by atoms with Gasteiger partial charge >= 0.3 is 0 Å². The topological polar surface area (TPSA) is 58.5 Å². The first-order chi connectivity index (χ1) is 8.09. The van der Waals surface area contributed by atoms with Crippen LogP contribution in [-0.2, 0) is 4.74 Å². The molecule has 5 nitrogen and oxygen atoms in total. The molecular weight excluding hydrogens is 218 g/mol. The minimum atomic E-state index is -0.661. The number of aromatic nitrogens is 2. The molecular formula is C12H19N3O2. The highest BCUT2D eigenvalue weighted by Crippen LogP contribution is 2.23. The highest BCUT2D eigenvalue weighted by Gasteiger charge is 2.31. The summed E-state index contributed by atoms with van der Waals surface area (Å²) in [6.07, 6.45) is 2.91. The molecule has 0 unspecified atom stereocenters. The Hall–Kier alpha value is -1.20. The summed E-state index contributed by atoms with van der Waals surface area (Å²) in [6, 6.07) is 1.92. The predicted octanol–water partition coefficient (Wildman–Crippen LogP) is 0.763. The second kappa shape index (κ2) is 4.98. The van der Waals surface area contributed by atoms with Crippen LogP contribution in [0.4, 0.5) is 5.82 Å². The minimum Gasteiger partial charge on any atom is -0.388 e. The van der Waals surface area contributed by atoms with Crippen LogP contribution in [0, 0.1) is 6.92 Å². The molecule has 5 heteroatoms. The van der Waals surface area contributed by atoms with Gasteiger partial charge in [0.1, 0.15) is 12.1 Å². The molecule has 0 aliphatic carbocycles. The number of hydrogen-bond acceptors (Lipinski definition) is 5. The maximum absolute atomic E-state index is 10.4. The summed E-state index contributed by atoms with van der Waals surface area (Å²) in [5.74, 6) is 0.845. The number of ether oxygens (including phenoxy) is 1. The smallest absolute Gasteiger partial charge is 0.132 e. The first kappa shape index (κ1) is 12.3. The fourth-order valence-corrected chi connectivity index (χ4v) is 2.08. The van der Waals surface area contributed by atoms with Gasteiger partial charge in [-0.05, 0) is 6.92 Å². The van der Waals surface area contributed by atoms with Crippen molar-refractivity contribution in [1.29, 1.82) is 0 Å². The zero-order valence-electron chi connectivity index (χ0n) is 10.4. The standard InChI is InChI=1S/C12H19N3O2/c1-10-7-11(14-9-13-10)15(2)8-12(16)3-5-17-6-4-12/h7,9,16H,3-6,8H2,1-2H3. The van der Waals surface area contributed by atoms with Crippen LogP contribution >= 0.6 is 0 Å². The SMILES string of the molecule is Cc1cc(N(C)CC2(O)CCOCC2)ncn1. The lowest BCUT2D eigenvalue weighted by Crippen LogP contribution is -2.46. The molecule has 0 bridgehead atoms. The van der Waals surface area contributed by atoms with E-state index in [9.17, 15) is 5.11 Å². The molecule has 1 aliphatic heterocycles. The summed E-state index contributed by atoms with van der Waals surface area (Å²) in [4.78, 5) is 10.2. The van der Waals surface area contributed by atoms with Crippen molar-refractivity contribution in [3.8, 4) is 0 Å². The van der Waals surface area contributed by atoms with Crippen LogP contribution < -0.4 is 4.90 Å². The Bertz CT molecular complexity index is 378. The first-order valence-corrected chi connectivity index (χ1v) is 5.89. The largest absolute Gasteiger partial charge is 0.388 e. The third kappa shape index (κ3) is 3.14. The molecule has 17 heavy (non-hydrogen) atoms. The average Bonchev–Trinajstić information content (AvgIpc) is 2.29. The molecule has 1 aromatic rings. The molecule has 94 valence electrons. The van der Waals surface area contributed by atoms with E-state index in [4.69, 9.17) is 4.74 Å². The lowest BCUT2D eigenvalue weighted by atomic mass is 9.94. The van der Waals surface area contributed by atoms with Crippen molar-refractivity contribution in [2.24, 2.45) is 0 Å². The Morgan fingerprint density at radius 3 is 2.76 bits per heavy atom. The number of aryl methyl sites for hydroxylation is 1. The van der Waals surface area contributed by atoms with Gasteiger partial charge in [0.15, 0.2) is 0 Å². The van der Waals surface area contributed by atoms with Crippen molar-refractivity contribution in [3.05, 3.63) is 18.1 Å². The zero-order chi connectivity index (χ0) is 12.3. The number of rotatable bonds is 3. The van der Waals surface area contributed by atoms with Crippen molar-refractivity contribution in [2.75, 3.05) is 31.7 Å². The molecule has 1 aliphatic rings. The molecule has 2 heterocycles. The van der Waals surface area contributed by atoms with E-state index in [0.717, 1.165) is 11.5 Å². The summed E-state index contributed by atoms with van der Waals surface area (Å²) < 4.78 is 5.27. The number of hydrogen-bond donors (Lipinski definition) is 1. The van der Waals surface area contributed by atoms with Crippen molar-refractivity contribution in [2.45, 2.75) is 25.4 Å². The van der Waals surface area contributed by atoms with E-state index in [1.165, 1.54) is 0 Å². The minimum absolute atomic E-state index is 0.576. The van der Waals surface area contributed by atoms with Crippen LogP contribution in [0.15, 0.2) is 12.4 Å². The van der Waals surface area contributed by atoms with Crippen LogP contribution in [-0.4, -0.2) is 47.5 Å². The number of aliphatic hydroxyl groups is 1. The van der Waals surface area contributed by atoms with Gasteiger partial charge in [-0.3, -0.25) is 0 Å². The van der Waals surface area contributed by atoms with Crippen LogP contribution in [0.1, 0.15) is 18.5 Å². The van der Waals surface area contributed by atoms with Crippen LogP contribution in [0.5, 0.6) is 0 Å². The maximum Gasteiger partial charge on any atom is 0.132 e. The Morgan fingerprint density at radius 2 is 2.12 bits per heavy atom. The average molecular weight is 237 g/mol. The van der Waals surface area contributed by atoms with Gasteiger partial charge in [0.2, 0.25) is 0 Å². The number of nitrogens with zero attached hydrogens (tertiary/aromatic N) is 3. The highest BCUT2D eigenvalue weighted by atomic mass is 16.5. The van der Waals surface area contributed by atoms with E-state index in [-0.39, 0.29) is 0 Å². The molecule has 1 saturated heterocycles. The Morgan fingerprint density at radius 1 is 1.41 bits per heavy atom. The van der Waals surface area contributed by atoms with Gasteiger partial charge in [-0.25, -0.2) is 9.97 Å². The molecule has 0 spiro atoms.